The number of hydrogen-bond donors (Lipinski definition) is 1. The number of hydrogen-bond acceptors (Lipinski definition) is 5. The number of amides is 3. The van der Waals surface area contributed by atoms with Crippen LogP contribution in [0.3, 0.4) is 0 Å². The highest BCUT2D eigenvalue weighted by Gasteiger charge is 2.40. The maximum atomic E-state index is 13.8. The van der Waals surface area contributed by atoms with Crippen LogP contribution < -0.4 is 15.1 Å². The zero-order valence-corrected chi connectivity index (χ0v) is 24.3. The van der Waals surface area contributed by atoms with E-state index in [-0.39, 0.29) is 24.1 Å². The third kappa shape index (κ3) is 5.98. The topological polar surface area (TPSA) is 78.0 Å². The monoisotopic (exact) mass is 593 g/mol. The van der Waals surface area contributed by atoms with Crippen molar-refractivity contribution in [3.63, 3.8) is 0 Å². The standard InChI is InChI=1S/C32H34F3N5O3/c1-31(2,3)43-30(42)39-14-12-22(18-39)20-6-5-9-24(17-20)36-29(41)40-25-13-15-38(19-25)27-11-10-26(37-28(27)40)21-7-4-8-23(16-21)32(33,34)35/h4-11,16-17,22,25H,12-15,18-19H2,1-3H3,(H,36,41)/t22?,25-/m0/s1. The number of nitrogens with zero attached hydrogens (tertiary/aromatic N) is 4. The van der Waals surface area contributed by atoms with Crippen molar-refractivity contribution in [2.24, 2.45) is 0 Å². The number of carbonyl (C=O) groups excluding carboxylic acids is 2. The molecule has 3 aliphatic rings. The number of likely N-dealkylation sites (tertiary alicyclic amines) is 1. The lowest BCUT2D eigenvalue weighted by atomic mass is 9.98. The molecule has 1 aromatic heterocycles. The van der Waals surface area contributed by atoms with Gasteiger partial charge in [-0.1, -0.05) is 24.3 Å². The zero-order valence-electron chi connectivity index (χ0n) is 24.3. The molecule has 3 aromatic rings. The van der Waals surface area contributed by atoms with E-state index in [1.54, 1.807) is 21.9 Å². The molecule has 2 aromatic carbocycles. The number of benzene rings is 2. The Labute approximate surface area is 248 Å². The summed E-state index contributed by atoms with van der Waals surface area (Å²) < 4.78 is 45.6. The van der Waals surface area contributed by atoms with Crippen LogP contribution >= 0.6 is 0 Å². The Hall–Kier alpha value is -4.28. The Balaban J connectivity index is 1.22. The predicted molar refractivity (Wildman–Crippen MR) is 158 cm³/mol. The molecule has 11 heteroatoms. The Morgan fingerprint density at radius 1 is 0.953 bits per heavy atom. The number of carbonyl (C=O) groups is 2. The second-order valence-corrected chi connectivity index (χ2v) is 12.3. The van der Waals surface area contributed by atoms with Gasteiger partial charge < -0.3 is 19.9 Å². The summed E-state index contributed by atoms with van der Waals surface area (Å²) in [4.78, 5) is 36.6. The summed E-state index contributed by atoms with van der Waals surface area (Å²) in [5.74, 6) is 0.543. The van der Waals surface area contributed by atoms with Crippen molar-refractivity contribution in [3.8, 4) is 11.3 Å². The second-order valence-electron chi connectivity index (χ2n) is 12.3. The number of pyridine rings is 1. The fourth-order valence-corrected chi connectivity index (χ4v) is 6.07. The Kier molecular flexibility index (Phi) is 7.22. The number of ether oxygens (including phenoxy) is 1. The van der Waals surface area contributed by atoms with Gasteiger partial charge in [0.1, 0.15) is 5.60 Å². The van der Waals surface area contributed by atoms with Crippen LogP contribution in [0.1, 0.15) is 50.7 Å². The highest BCUT2D eigenvalue weighted by molar-refractivity contribution is 6.04. The molecule has 43 heavy (non-hydrogen) atoms. The van der Waals surface area contributed by atoms with Crippen LogP contribution in [-0.2, 0) is 10.9 Å². The number of urea groups is 1. The first-order chi connectivity index (χ1) is 20.4. The molecule has 2 bridgehead atoms. The van der Waals surface area contributed by atoms with Gasteiger partial charge in [0.15, 0.2) is 5.82 Å². The van der Waals surface area contributed by atoms with Crippen LogP contribution in [0.25, 0.3) is 11.3 Å². The van der Waals surface area contributed by atoms with Crippen molar-refractivity contribution >= 4 is 29.3 Å². The molecule has 0 spiro atoms. The van der Waals surface area contributed by atoms with Crippen molar-refractivity contribution in [1.82, 2.24) is 9.88 Å². The Bertz CT molecular complexity index is 1550. The van der Waals surface area contributed by atoms with Crippen molar-refractivity contribution in [3.05, 3.63) is 71.8 Å². The molecule has 226 valence electrons. The molecule has 2 saturated heterocycles. The summed E-state index contributed by atoms with van der Waals surface area (Å²) in [7, 11) is 0. The molecule has 1 N–H and O–H groups in total. The Morgan fingerprint density at radius 2 is 1.74 bits per heavy atom. The van der Waals surface area contributed by atoms with Gasteiger partial charge in [-0.15, -0.1) is 0 Å². The van der Waals surface area contributed by atoms with E-state index < -0.39 is 17.3 Å². The highest BCUT2D eigenvalue weighted by Crippen LogP contribution is 2.41. The summed E-state index contributed by atoms with van der Waals surface area (Å²) in [5.41, 5.74) is 1.79. The predicted octanol–water partition coefficient (Wildman–Crippen LogP) is 7.12. The third-order valence-corrected chi connectivity index (χ3v) is 8.11. The normalized spacial score (nSPS) is 19.8. The van der Waals surface area contributed by atoms with Crippen LogP contribution in [0, 0.1) is 0 Å². The molecule has 4 heterocycles. The van der Waals surface area contributed by atoms with Crippen LogP contribution in [0.2, 0.25) is 0 Å². The SMILES string of the molecule is CC(C)(C)OC(=O)N1CCC(c2cccc(NC(=O)N3c4nc(-c5cccc(C(F)(F)F)c5)ccc4N4CC[C@H]3C4)c2)C1. The summed E-state index contributed by atoms with van der Waals surface area (Å²) in [6.45, 7) is 8.08. The first kappa shape index (κ1) is 28.8. The van der Waals surface area contributed by atoms with Crippen LogP contribution in [0.4, 0.5) is 40.0 Å². The van der Waals surface area contributed by atoms with Crippen molar-refractivity contribution in [2.45, 2.75) is 57.3 Å². The number of rotatable bonds is 3. The van der Waals surface area contributed by atoms with Gasteiger partial charge in [0.25, 0.3) is 0 Å². The van der Waals surface area contributed by atoms with Crippen molar-refractivity contribution in [1.29, 1.82) is 0 Å². The fourth-order valence-electron chi connectivity index (χ4n) is 6.07. The van der Waals surface area contributed by atoms with E-state index in [9.17, 15) is 22.8 Å². The first-order valence-corrected chi connectivity index (χ1v) is 14.5. The maximum absolute atomic E-state index is 13.8. The van der Waals surface area contributed by atoms with E-state index in [0.717, 1.165) is 42.8 Å². The minimum atomic E-state index is -4.47. The van der Waals surface area contributed by atoms with Gasteiger partial charge in [-0.25, -0.2) is 14.6 Å². The number of halogens is 3. The van der Waals surface area contributed by atoms with Crippen LogP contribution in [-0.4, -0.2) is 59.8 Å². The molecule has 0 radical (unpaired) electrons. The minimum absolute atomic E-state index is 0.111. The van der Waals surface area contributed by atoms with Crippen molar-refractivity contribution in [2.75, 3.05) is 41.3 Å². The van der Waals surface area contributed by atoms with Gasteiger partial charge in [0, 0.05) is 43.3 Å². The molecule has 2 atom stereocenters. The number of alkyl halides is 3. The van der Waals surface area contributed by atoms with E-state index in [1.807, 2.05) is 51.1 Å². The van der Waals surface area contributed by atoms with E-state index in [2.05, 4.69) is 10.2 Å². The lowest BCUT2D eigenvalue weighted by Gasteiger charge is -2.36. The smallest absolute Gasteiger partial charge is 0.416 e. The lowest BCUT2D eigenvalue weighted by Crippen LogP contribution is -2.48. The fraction of sp³-hybridized carbons (Fsp3) is 0.406. The van der Waals surface area contributed by atoms with Gasteiger partial charge in [0.2, 0.25) is 0 Å². The average molecular weight is 594 g/mol. The van der Waals surface area contributed by atoms with Gasteiger partial charge in [-0.2, -0.15) is 13.2 Å². The van der Waals surface area contributed by atoms with Gasteiger partial charge in [-0.05, 0) is 75.6 Å². The minimum Gasteiger partial charge on any atom is -0.444 e. The van der Waals surface area contributed by atoms with Crippen molar-refractivity contribution < 1.29 is 27.5 Å². The summed E-state index contributed by atoms with van der Waals surface area (Å²) in [5, 5.41) is 3.03. The molecule has 0 saturated carbocycles. The number of fused-ring (bicyclic) bond motifs is 4. The molecular formula is C32H34F3N5O3. The third-order valence-electron chi connectivity index (χ3n) is 8.11. The van der Waals surface area contributed by atoms with E-state index in [1.165, 1.54) is 6.07 Å². The molecule has 6 rings (SSSR count). The zero-order chi connectivity index (χ0) is 30.5. The number of nitrogens with one attached hydrogen (secondary N) is 1. The average Bonchev–Trinajstić information content (AvgIpc) is 3.61. The highest BCUT2D eigenvalue weighted by atomic mass is 19.4. The molecule has 1 unspecified atom stereocenters. The molecule has 0 aliphatic carbocycles. The first-order valence-electron chi connectivity index (χ1n) is 14.5. The van der Waals surface area contributed by atoms with Gasteiger partial charge in [0.05, 0.1) is 23.0 Å². The molecular weight excluding hydrogens is 559 g/mol. The Morgan fingerprint density at radius 3 is 2.51 bits per heavy atom. The lowest BCUT2D eigenvalue weighted by molar-refractivity contribution is -0.137. The summed E-state index contributed by atoms with van der Waals surface area (Å²) in [6, 6.07) is 15.8. The summed E-state index contributed by atoms with van der Waals surface area (Å²) in [6.07, 6.45) is -3.25. The quantitative estimate of drug-likeness (QED) is 0.350. The number of anilines is 3. The van der Waals surface area contributed by atoms with Crippen LogP contribution in [0.15, 0.2) is 60.7 Å². The molecule has 2 fully saturated rings. The van der Waals surface area contributed by atoms with Gasteiger partial charge >= 0.3 is 18.3 Å². The van der Waals surface area contributed by atoms with Crippen LogP contribution in [0.5, 0.6) is 0 Å². The van der Waals surface area contributed by atoms with Gasteiger partial charge in [-0.3, -0.25) is 4.90 Å². The second kappa shape index (κ2) is 10.8. The molecule has 3 amide bonds. The van der Waals surface area contributed by atoms with E-state index in [0.29, 0.717) is 42.4 Å². The molecule has 8 nitrogen and oxygen atoms in total. The molecule has 3 aliphatic heterocycles. The number of aromatic nitrogens is 1. The maximum Gasteiger partial charge on any atom is 0.416 e. The van der Waals surface area contributed by atoms with E-state index in [4.69, 9.17) is 9.72 Å². The van der Waals surface area contributed by atoms with E-state index >= 15 is 0 Å². The largest absolute Gasteiger partial charge is 0.444 e. The summed E-state index contributed by atoms with van der Waals surface area (Å²) >= 11 is 0.